The molecule has 0 atom stereocenters. The number of aromatic hydroxyl groups is 1. The lowest BCUT2D eigenvalue weighted by molar-refractivity contribution is 0.0948. The number of amides is 1. The molecule has 2 aromatic rings. The van der Waals surface area contributed by atoms with Crippen LogP contribution in [0, 0.1) is 13.8 Å². The highest BCUT2D eigenvalue weighted by atomic mass is 32.1. The van der Waals surface area contributed by atoms with Crippen LogP contribution in [0.25, 0.3) is 0 Å². The van der Waals surface area contributed by atoms with Gasteiger partial charge in [0.15, 0.2) is 0 Å². The Kier molecular flexibility index (Phi) is 3.62. The van der Waals surface area contributed by atoms with Crippen LogP contribution >= 0.6 is 11.3 Å². The summed E-state index contributed by atoms with van der Waals surface area (Å²) < 4.78 is 0. The molecule has 0 aliphatic heterocycles. The molecule has 5 heteroatoms. The molecule has 0 bridgehead atoms. The zero-order chi connectivity index (χ0) is 13.1. The number of hydrogen-bond donors (Lipinski definition) is 2. The van der Waals surface area contributed by atoms with Gasteiger partial charge in [0, 0.05) is 11.1 Å². The van der Waals surface area contributed by atoms with E-state index >= 15 is 0 Å². The largest absolute Gasteiger partial charge is 0.507 e. The van der Waals surface area contributed by atoms with E-state index in [1.807, 2.05) is 6.92 Å². The second-order valence-corrected chi connectivity index (χ2v) is 5.32. The summed E-state index contributed by atoms with van der Waals surface area (Å²) >= 11 is 1.54. The number of aryl methyl sites for hydroxylation is 2. The number of rotatable bonds is 3. The molecule has 0 aliphatic rings. The van der Waals surface area contributed by atoms with Crippen LogP contribution < -0.4 is 5.32 Å². The molecule has 2 N–H and O–H groups in total. The Bertz CT molecular complexity index is 578. The first-order valence-electron chi connectivity index (χ1n) is 5.56. The van der Waals surface area contributed by atoms with Crippen LogP contribution in [0.1, 0.15) is 25.8 Å². The van der Waals surface area contributed by atoms with Crippen LogP contribution in [-0.2, 0) is 6.54 Å². The van der Waals surface area contributed by atoms with Crippen LogP contribution in [0.15, 0.2) is 24.4 Å². The van der Waals surface area contributed by atoms with Gasteiger partial charge in [0.25, 0.3) is 5.91 Å². The normalized spacial score (nSPS) is 10.3. The van der Waals surface area contributed by atoms with E-state index in [-0.39, 0.29) is 11.7 Å². The lowest BCUT2D eigenvalue weighted by Gasteiger charge is -2.07. The van der Waals surface area contributed by atoms with Crippen molar-refractivity contribution < 1.29 is 9.90 Å². The predicted octanol–water partition coefficient (Wildman–Crippen LogP) is 2.40. The Balaban J connectivity index is 2.06. The minimum absolute atomic E-state index is 0.0375. The topological polar surface area (TPSA) is 62.2 Å². The summed E-state index contributed by atoms with van der Waals surface area (Å²) in [5.74, 6) is -0.238. The fourth-order valence-electron chi connectivity index (χ4n) is 1.59. The van der Waals surface area contributed by atoms with Crippen molar-refractivity contribution in [1.29, 1.82) is 0 Å². The number of hydrogen-bond acceptors (Lipinski definition) is 4. The number of carbonyl (C=O) groups excluding carboxylic acids is 1. The maximum Gasteiger partial charge on any atom is 0.255 e. The minimum Gasteiger partial charge on any atom is -0.507 e. The minimum atomic E-state index is -0.276. The van der Waals surface area contributed by atoms with Crippen molar-refractivity contribution >= 4 is 17.2 Å². The van der Waals surface area contributed by atoms with E-state index in [0.717, 1.165) is 9.88 Å². The fourth-order valence-corrected chi connectivity index (χ4v) is 2.33. The van der Waals surface area contributed by atoms with Crippen molar-refractivity contribution in [2.45, 2.75) is 20.4 Å². The first kappa shape index (κ1) is 12.6. The van der Waals surface area contributed by atoms with Gasteiger partial charge in [-0.3, -0.25) is 4.79 Å². The zero-order valence-corrected chi connectivity index (χ0v) is 11.0. The summed E-state index contributed by atoms with van der Waals surface area (Å²) in [6.45, 7) is 4.11. The van der Waals surface area contributed by atoms with E-state index in [9.17, 15) is 9.90 Å². The van der Waals surface area contributed by atoms with Gasteiger partial charge in [-0.1, -0.05) is 12.1 Å². The highest BCUT2D eigenvalue weighted by Gasteiger charge is 2.12. The van der Waals surface area contributed by atoms with Gasteiger partial charge in [0.05, 0.1) is 17.1 Å². The van der Waals surface area contributed by atoms with Gasteiger partial charge in [-0.05, 0) is 25.5 Å². The van der Waals surface area contributed by atoms with Crippen molar-refractivity contribution in [3.63, 3.8) is 0 Å². The van der Waals surface area contributed by atoms with Crippen molar-refractivity contribution in [2.24, 2.45) is 0 Å². The average molecular weight is 262 g/mol. The number of carbonyl (C=O) groups is 1. The molecule has 2 rings (SSSR count). The first-order chi connectivity index (χ1) is 8.58. The van der Waals surface area contributed by atoms with Gasteiger partial charge in [-0.2, -0.15) is 0 Å². The first-order valence-corrected chi connectivity index (χ1v) is 6.37. The monoisotopic (exact) mass is 262 g/mol. The summed E-state index contributed by atoms with van der Waals surface area (Å²) in [7, 11) is 0. The molecular weight excluding hydrogens is 248 g/mol. The fraction of sp³-hybridized carbons (Fsp3) is 0.231. The third-order valence-corrected chi connectivity index (χ3v) is 3.49. The molecule has 0 saturated carbocycles. The van der Waals surface area contributed by atoms with Crippen molar-refractivity contribution in [1.82, 2.24) is 10.3 Å². The maximum atomic E-state index is 11.9. The Morgan fingerprint density at radius 1 is 1.44 bits per heavy atom. The molecule has 0 spiro atoms. The van der Waals surface area contributed by atoms with E-state index in [0.29, 0.717) is 17.7 Å². The maximum absolute atomic E-state index is 11.9. The van der Waals surface area contributed by atoms with E-state index in [2.05, 4.69) is 10.3 Å². The molecule has 0 aliphatic carbocycles. The van der Waals surface area contributed by atoms with Crippen LogP contribution in [0.4, 0.5) is 0 Å². The number of nitrogens with one attached hydrogen (secondary N) is 1. The summed E-state index contributed by atoms with van der Waals surface area (Å²) in [5.41, 5.74) is 0.993. The number of benzene rings is 1. The quantitative estimate of drug-likeness (QED) is 0.892. The Hall–Kier alpha value is -1.88. The van der Waals surface area contributed by atoms with Crippen LogP contribution in [0.3, 0.4) is 0 Å². The van der Waals surface area contributed by atoms with Gasteiger partial charge < -0.3 is 10.4 Å². The second-order valence-electron chi connectivity index (χ2n) is 4.00. The third kappa shape index (κ3) is 2.68. The second kappa shape index (κ2) is 5.18. The molecule has 18 heavy (non-hydrogen) atoms. The summed E-state index contributed by atoms with van der Waals surface area (Å²) in [4.78, 5) is 17.0. The van der Waals surface area contributed by atoms with Gasteiger partial charge in [-0.15, -0.1) is 11.3 Å². The van der Waals surface area contributed by atoms with E-state index in [4.69, 9.17) is 0 Å². The summed E-state index contributed by atoms with van der Waals surface area (Å²) in [6.07, 6.45) is 1.75. The van der Waals surface area contributed by atoms with Crippen LogP contribution in [-0.4, -0.2) is 16.0 Å². The average Bonchev–Trinajstić information content (AvgIpc) is 2.76. The smallest absolute Gasteiger partial charge is 0.255 e. The van der Waals surface area contributed by atoms with E-state index < -0.39 is 0 Å². The zero-order valence-electron chi connectivity index (χ0n) is 10.2. The highest BCUT2D eigenvalue weighted by molar-refractivity contribution is 7.11. The lowest BCUT2D eigenvalue weighted by Crippen LogP contribution is -2.22. The molecule has 0 saturated heterocycles. The molecule has 1 amide bonds. The van der Waals surface area contributed by atoms with Crippen molar-refractivity contribution in [3.8, 4) is 5.75 Å². The molecule has 94 valence electrons. The number of thiazole rings is 1. The third-order valence-electron chi connectivity index (χ3n) is 2.57. The van der Waals surface area contributed by atoms with Crippen molar-refractivity contribution in [2.75, 3.05) is 0 Å². The number of nitrogens with zero attached hydrogens (tertiary/aromatic N) is 1. The van der Waals surface area contributed by atoms with E-state index in [1.165, 1.54) is 0 Å². The predicted molar refractivity (Wildman–Crippen MR) is 70.9 cm³/mol. The van der Waals surface area contributed by atoms with Gasteiger partial charge in [0.1, 0.15) is 5.75 Å². The summed E-state index contributed by atoms with van der Waals surface area (Å²) in [6, 6.07) is 5.12. The molecule has 1 heterocycles. The van der Waals surface area contributed by atoms with E-state index in [1.54, 1.807) is 42.7 Å². The van der Waals surface area contributed by atoms with Crippen LogP contribution in [0.5, 0.6) is 5.75 Å². The molecule has 4 nitrogen and oxygen atoms in total. The lowest BCUT2D eigenvalue weighted by atomic mass is 10.1. The van der Waals surface area contributed by atoms with Crippen molar-refractivity contribution in [3.05, 3.63) is 45.4 Å². The van der Waals surface area contributed by atoms with Gasteiger partial charge in [0.2, 0.25) is 0 Å². The molecule has 1 aromatic heterocycles. The Labute approximate surface area is 109 Å². The molecule has 0 radical (unpaired) electrons. The Morgan fingerprint density at radius 3 is 2.89 bits per heavy atom. The Morgan fingerprint density at radius 2 is 2.22 bits per heavy atom. The number of phenols is 1. The van der Waals surface area contributed by atoms with Crippen LogP contribution in [0.2, 0.25) is 0 Å². The number of aromatic nitrogens is 1. The molecule has 0 fully saturated rings. The highest BCUT2D eigenvalue weighted by Crippen LogP contribution is 2.21. The standard InChI is InChI=1S/C13H14N2O2S/c1-8-4-3-5-11(12(8)16)13(17)15-7-10-6-14-9(2)18-10/h3-6,16H,7H2,1-2H3,(H,15,17). The number of para-hydroxylation sites is 1. The molecular formula is C13H14N2O2S. The van der Waals surface area contributed by atoms with Gasteiger partial charge >= 0.3 is 0 Å². The summed E-state index contributed by atoms with van der Waals surface area (Å²) in [5, 5.41) is 13.5. The molecule has 0 unspecified atom stereocenters. The van der Waals surface area contributed by atoms with Gasteiger partial charge in [-0.25, -0.2) is 4.98 Å². The SMILES string of the molecule is Cc1ncc(CNC(=O)c2cccc(C)c2O)s1. The molecule has 1 aromatic carbocycles. The number of phenolic OH excluding ortho intramolecular Hbond substituents is 1.